The van der Waals surface area contributed by atoms with Gasteiger partial charge in [0.15, 0.2) is 0 Å². The topological polar surface area (TPSA) is 29.3 Å². The zero-order chi connectivity index (χ0) is 13.0. The lowest BCUT2D eigenvalue weighted by molar-refractivity contribution is 0.134. The molecule has 2 rings (SSSR count). The Balaban J connectivity index is 0.00000180. The summed E-state index contributed by atoms with van der Waals surface area (Å²) >= 11 is 5.82. The molecule has 1 unspecified atom stereocenters. The number of likely N-dealkylation sites (tertiary alicyclic amines) is 1. The van der Waals surface area contributed by atoms with Crippen molar-refractivity contribution < 1.29 is 4.39 Å². The minimum Gasteiger partial charge on any atom is -0.330 e. The van der Waals surface area contributed by atoms with Crippen molar-refractivity contribution in [1.82, 2.24) is 4.90 Å². The molecule has 0 aliphatic carbocycles. The minimum absolute atomic E-state index is 0. The molecule has 1 atom stereocenters. The third-order valence-electron chi connectivity index (χ3n) is 3.62. The summed E-state index contributed by atoms with van der Waals surface area (Å²) in [6, 6.07) is 5.55. The Morgan fingerprint density at radius 3 is 2.84 bits per heavy atom. The lowest BCUT2D eigenvalue weighted by Crippen LogP contribution is -2.40. The van der Waals surface area contributed by atoms with Crippen LogP contribution in [0, 0.1) is 5.82 Å². The molecule has 19 heavy (non-hydrogen) atoms. The fourth-order valence-corrected chi connectivity index (χ4v) is 2.86. The van der Waals surface area contributed by atoms with Crippen LogP contribution >= 0.6 is 24.0 Å². The highest BCUT2D eigenvalue weighted by Gasteiger charge is 2.21. The van der Waals surface area contributed by atoms with E-state index in [2.05, 4.69) is 4.90 Å². The maximum Gasteiger partial charge on any atom is 0.141 e. The van der Waals surface area contributed by atoms with Crippen molar-refractivity contribution in [2.75, 3.05) is 13.1 Å². The fraction of sp³-hybridized carbons (Fsp3) is 0.571. The molecule has 0 aromatic heterocycles. The third-order valence-corrected chi connectivity index (χ3v) is 3.91. The Labute approximate surface area is 125 Å². The molecule has 0 bridgehead atoms. The molecule has 1 heterocycles. The molecule has 1 fully saturated rings. The molecule has 0 saturated carbocycles. The predicted molar refractivity (Wildman–Crippen MR) is 80.4 cm³/mol. The van der Waals surface area contributed by atoms with E-state index in [1.807, 2.05) is 6.07 Å². The lowest BCUT2D eigenvalue weighted by Gasteiger charge is -2.35. The number of nitrogens with two attached hydrogens (primary N) is 1. The summed E-state index contributed by atoms with van der Waals surface area (Å²) in [6.45, 7) is 2.66. The zero-order valence-corrected chi connectivity index (χ0v) is 12.5. The van der Waals surface area contributed by atoms with Crippen molar-refractivity contribution in [2.45, 2.75) is 38.3 Å². The Morgan fingerprint density at radius 1 is 1.37 bits per heavy atom. The van der Waals surface area contributed by atoms with E-state index in [0.29, 0.717) is 6.04 Å². The average Bonchev–Trinajstić information content (AvgIpc) is 2.37. The van der Waals surface area contributed by atoms with E-state index >= 15 is 0 Å². The first kappa shape index (κ1) is 16.7. The van der Waals surface area contributed by atoms with Crippen molar-refractivity contribution >= 4 is 24.0 Å². The van der Waals surface area contributed by atoms with Gasteiger partial charge in [-0.2, -0.15) is 0 Å². The van der Waals surface area contributed by atoms with Gasteiger partial charge in [0.2, 0.25) is 0 Å². The van der Waals surface area contributed by atoms with E-state index in [1.54, 1.807) is 6.07 Å². The zero-order valence-electron chi connectivity index (χ0n) is 10.9. The molecule has 0 radical (unpaired) electrons. The number of benzene rings is 1. The van der Waals surface area contributed by atoms with Gasteiger partial charge in [0.1, 0.15) is 5.82 Å². The molecule has 0 spiro atoms. The highest BCUT2D eigenvalue weighted by molar-refractivity contribution is 6.30. The van der Waals surface area contributed by atoms with Gasteiger partial charge in [-0.25, -0.2) is 4.39 Å². The van der Waals surface area contributed by atoms with Crippen molar-refractivity contribution in [3.63, 3.8) is 0 Å². The molecule has 1 aliphatic heterocycles. The summed E-state index contributed by atoms with van der Waals surface area (Å²) in [5.41, 5.74) is 6.74. The monoisotopic (exact) mass is 306 g/mol. The number of piperidine rings is 1. The summed E-state index contributed by atoms with van der Waals surface area (Å²) in [6.07, 6.45) is 4.77. The van der Waals surface area contributed by atoms with Crippen LogP contribution in [0.4, 0.5) is 4.39 Å². The third kappa shape index (κ3) is 4.60. The Morgan fingerprint density at radius 2 is 2.16 bits per heavy atom. The summed E-state index contributed by atoms with van der Waals surface area (Å²) < 4.78 is 13.1. The largest absolute Gasteiger partial charge is 0.330 e. The van der Waals surface area contributed by atoms with E-state index < -0.39 is 0 Å². The van der Waals surface area contributed by atoms with Gasteiger partial charge in [-0.1, -0.05) is 24.1 Å². The molecule has 1 aromatic carbocycles. The van der Waals surface area contributed by atoms with Crippen molar-refractivity contribution in [3.05, 3.63) is 34.6 Å². The molecule has 0 amide bonds. The molecular weight excluding hydrogens is 286 g/mol. The van der Waals surface area contributed by atoms with E-state index in [4.69, 9.17) is 17.3 Å². The molecule has 1 saturated heterocycles. The molecular formula is C14H21Cl2FN2. The second kappa shape index (κ2) is 8.05. The van der Waals surface area contributed by atoms with E-state index in [9.17, 15) is 4.39 Å². The highest BCUT2D eigenvalue weighted by Crippen LogP contribution is 2.23. The average molecular weight is 307 g/mol. The van der Waals surface area contributed by atoms with Crippen molar-refractivity contribution in [3.8, 4) is 0 Å². The summed E-state index contributed by atoms with van der Waals surface area (Å²) in [5, 5.41) is 0.208. The second-order valence-corrected chi connectivity index (χ2v) is 5.35. The van der Waals surface area contributed by atoms with E-state index in [0.717, 1.165) is 31.6 Å². The van der Waals surface area contributed by atoms with Gasteiger partial charge in [-0.05, 0) is 50.0 Å². The van der Waals surface area contributed by atoms with Crippen LogP contribution in [0.3, 0.4) is 0 Å². The molecule has 2 nitrogen and oxygen atoms in total. The van der Waals surface area contributed by atoms with E-state index in [-0.39, 0.29) is 23.2 Å². The standard InChI is InChI=1S/C14H20ClFN2.ClH/c15-13-9-11(4-5-14(13)16)10-18-8-2-1-3-12(18)6-7-17;/h4-5,9,12H,1-3,6-8,10,17H2;1H. The summed E-state index contributed by atoms with van der Waals surface area (Å²) in [7, 11) is 0. The van der Waals surface area contributed by atoms with Crippen molar-refractivity contribution in [1.29, 1.82) is 0 Å². The van der Waals surface area contributed by atoms with Crippen LogP contribution in [0.2, 0.25) is 5.02 Å². The van der Waals surface area contributed by atoms with Crippen LogP contribution in [-0.2, 0) is 6.54 Å². The number of hydrogen-bond acceptors (Lipinski definition) is 2. The van der Waals surface area contributed by atoms with Gasteiger partial charge >= 0.3 is 0 Å². The molecule has 1 aromatic rings. The molecule has 1 aliphatic rings. The number of rotatable bonds is 4. The first-order chi connectivity index (χ1) is 8.70. The number of nitrogens with zero attached hydrogens (tertiary/aromatic N) is 1. The molecule has 108 valence electrons. The van der Waals surface area contributed by atoms with Gasteiger partial charge in [-0.15, -0.1) is 12.4 Å². The Bertz CT molecular complexity index is 399. The van der Waals surface area contributed by atoms with Gasteiger partial charge in [0, 0.05) is 12.6 Å². The van der Waals surface area contributed by atoms with Gasteiger partial charge < -0.3 is 5.73 Å². The quantitative estimate of drug-likeness (QED) is 0.921. The SMILES string of the molecule is Cl.NCCC1CCCCN1Cc1ccc(F)c(Cl)c1. The van der Waals surface area contributed by atoms with Gasteiger partial charge in [-0.3, -0.25) is 4.90 Å². The minimum atomic E-state index is -0.349. The molecule has 5 heteroatoms. The van der Waals surface area contributed by atoms with Crippen molar-refractivity contribution in [2.24, 2.45) is 5.73 Å². The number of hydrogen-bond donors (Lipinski definition) is 1. The van der Waals surface area contributed by atoms with Crippen LogP contribution in [0.1, 0.15) is 31.2 Å². The second-order valence-electron chi connectivity index (χ2n) is 4.95. The van der Waals surface area contributed by atoms with E-state index in [1.165, 1.54) is 25.3 Å². The predicted octanol–water partition coefficient (Wildman–Crippen LogP) is 3.60. The maximum absolute atomic E-state index is 13.1. The number of halogens is 3. The highest BCUT2D eigenvalue weighted by atomic mass is 35.5. The summed E-state index contributed by atoms with van der Waals surface area (Å²) in [5.74, 6) is -0.349. The van der Waals surface area contributed by atoms with Gasteiger partial charge in [0.05, 0.1) is 5.02 Å². The Kier molecular flexibility index (Phi) is 7.08. The Hall–Kier alpha value is -0.350. The molecule has 2 N–H and O–H groups in total. The van der Waals surface area contributed by atoms with Crippen LogP contribution in [0.15, 0.2) is 18.2 Å². The maximum atomic E-state index is 13.1. The first-order valence-corrected chi connectivity index (χ1v) is 6.96. The van der Waals surface area contributed by atoms with Gasteiger partial charge in [0.25, 0.3) is 0 Å². The lowest BCUT2D eigenvalue weighted by atomic mass is 9.98. The van der Waals surface area contributed by atoms with Crippen LogP contribution < -0.4 is 5.73 Å². The smallest absolute Gasteiger partial charge is 0.141 e. The summed E-state index contributed by atoms with van der Waals surface area (Å²) in [4.78, 5) is 2.44. The normalized spacial score (nSPS) is 20.1. The van der Waals surface area contributed by atoms with Crippen LogP contribution in [0.25, 0.3) is 0 Å². The van der Waals surface area contributed by atoms with Crippen LogP contribution in [0.5, 0.6) is 0 Å². The first-order valence-electron chi connectivity index (χ1n) is 6.58. The fourth-order valence-electron chi connectivity index (χ4n) is 2.66. The van der Waals surface area contributed by atoms with Crippen LogP contribution in [-0.4, -0.2) is 24.0 Å².